The lowest BCUT2D eigenvalue weighted by atomic mass is 10.0. The van der Waals surface area contributed by atoms with E-state index in [1.807, 2.05) is 30.0 Å². The molecule has 1 aromatic carbocycles. The third-order valence-corrected chi connectivity index (χ3v) is 4.53. The number of carbonyl (C=O) groups excluding carboxylic acids is 1. The zero-order valence-corrected chi connectivity index (χ0v) is 13.4. The topological polar surface area (TPSA) is 53.2 Å². The molecular weight excluding hydrogens is 288 g/mol. The highest BCUT2D eigenvalue weighted by Gasteiger charge is 2.30. The zero-order chi connectivity index (χ0) is 16.2. The summed E-state index contributed by atoms with van der Waals surface area (Å²) in [5.41, 5.74) is 2.03. The Kier molecular flexibility index (Phi) is 4.60. The monoisotopic (exact) mass is 310 g/mol. The van der Waals surface area contributed by atoms with Crippen LogP contribution >= 0.6 is 0 Å². The Morgan fingerprint density at radius 2 is 2.00 bits per heavy atom. The maximum atomic E-state index is 12.7. The maximum absolute atomic E-state index is 12.7. The summed E-state index contributed by atoms with van der Waals surface area (Å²) in [6.07, 6.45) is 3.93. The molecule has 0 saturated carbocycles. The Balaban J connectivity index is 1.71. The summed E-state index contributed by atoms with van der Waals surface area (Å²) in [5.74, 6) is -0.137. The number of aromatic nitrogens is 1. The molecule has 0 aliphatic carbocycles. The summed E-state index contributed by atoms with van der Waals surface area (Å²) in [7, 11) is 0. The number of H-pyrrole nitrogens is 1. The molecule has 2 aromatic rings. The minimum absolute atomic E-state index is 0.137. The number of rotatable bonds is 4. The molecule has 1 amide bonds. The first-order valence-electron chi connectivity index (χ1n) is 8.20. The van der Waals surface area contributed by atoms with E-state index in [2.05, 4.69) is 17.1 Å². The zero-order valence-electron chi connectivity index (χ0n) is 13.4. The first-order chi connectivity index (χ1) is 11.1. The Hall–Kier alpha value is -2.36. The van der Waals surface area contributed by atoms with Crippen LogP contribution in [0.4, 0.5) is 0 Å². The second-order valence-corrected chi connectivity index (χ2v) is 6.20. The van der Waals surface area contributed by atoms with Crippen LogP contribution < -0.4 is 5.56 Å². The maximum Gasteiger partial charge on any atom is 0.260 e. The Morgan fingerprint density at radius 3 is 2.74 bits per heavy atom. The van der Waals surface area contributed by atoms with Crippen molar-refractivity contribution < 1.29 is 4.79 Å². The van der Waals surface area contributed by atoms with Gasteiger partial charge in [0.15, 0.2) is 0 Å². The molecule has 1 atom stereocenters. The van der Waals surface area contributed by atoms with E-state index < -0.39 is 0 Å². The lowest BCUT2D eigenvalue weighted by molar-refractivity contribution is 0.0729. The normalized spacial score (nSPS) is 17.4. The highest BCUT2D eigenvalue weighted by molar-refractivity contribution is 5.94. The van der Waals surface area contributed by atoms with Crippen LogP contribution in [0.15, 0.2) is 47.3 Å². The van der Waals surface area contributed by atoms with E-state index in [4.69, 9.17) is 0 Å². The van der Waals surface area contributed by atoms with Crippen molar-refractivity contribution in [3.05, 3.63) is 69.6 Å². The van der Waals surface area contributed by atoms with Gasteiger partial charge in [-0.15, -0.1) is 0 Å². The standard InChI is InChI=1S/C19H22N2O2/c1-14-9-12-17(18(22)20-14)19(23)21-13-5-8-16(21)11-10-15-6-3-2-4-7-15/h2-4,6-7,9,12,16H,5,8,10-11,13H2,1H3,(H,20,22)/t16-/m0/s1. The lowest BCUT2D eigenvalue weighted by Gasteiger charge is -2.24. The quantitative estimate of drug-likeness (QED) is 0.944. The van der Waals surface area contributed by atoms with Crippen LogP contribution in [0, 0.1) is 6.92 Å². The van der Waals surface area contributed by atoms with Crippen molar-refractivity contribution in [3.8, 4) is 0 Å². The highest BCUT2D eigenvalue weighted by atomic mass is 16.2. The summed E-state index contributed by atoms with van der Waals surface area (Å²) < 4.78 is 0. The molecule has 1 saturated heterocycles. The number of likely N-dealkylation sites (tertiary alicyclic amines) is 1. The van der Waals surface area contributed by atoms with Gasteiger partial charge in [0.05, 0.1) is 0 Å². The molecule has 1 N–H and O–H groups in total. The molecule has 1 aromatic heterocycles. The van der Waals surface area contributed by atoms with E-state index >= 15 is 0 Å². The number of carbonyl (C=O) groups is 1. The van der Waals surface area contributed by atoms with E-state index in [9.17, 15) is 9.59 Å². The lowest BCUT2D eigenvalue weighted by Crippen LogP contribution is -2.38. The molecular formula is C19H22N2O2. The van der Waals surface area contributed by atoms with Gasteiger partial charge in [-0.05, 0) is 50.3 Å². The Morgan fingerprint density at radius 1 is 1.22 bits per heavy atom. The number of nitrogens with one attached hydrogen (secondary N) is 1. The van der Waals surface area contributed by atoms with Gasteiger partial charge in [-0.3, -0.25) is 9.59 Å². The molecule has 1 aliphatic heterocycles. The minimum atomic E-state index is -0.288. The van der Waals surface area contributed by atoms with E-state index in [0.717, 1.165) is 37.9 Å². The van der Waals surface area contributed by atoms with E-state index in [0.29, 0.717) is 0 Å². The smallest absolute Gasteiger partial charge is 0.260 e. The number of nitrogens with zero attached hydrogens (tertiary/aromatic N) is 1. The number of amides is 1. The van der Waals surface area contributed by atoms with Crippen LogP contribution in [0.1, 0.15) is 40.9 Å². The Bertz CT molecular complexity index is 737. The number of aromatic amines is 1. The molecule has 0 bridgehead atoms. The predicted molar refractivity (Wildman–Crippen MR) is 90.6 cm³/mol. The van der Waals surface area contributed by atoms with Gasteiger partial charge in [-0.1, -0.05) is 30.3 Å². The predicted octanol–water partition coefficient (Wildman–Crippen LogP) is 2.92. The van der Waals surface area contributed by atoms with Crippen LogP contribution in [0.3, 0.4) is 0 Å². The number of pyridine rings is 1. The molecule has 3 rings (SSSR count). The van der Waals surface area contributed by atoms with Crippen molar-refractivity contribution in [3.63, 3.8) is 0 Å². The molecule has 2 heterocycles. The highest BCUT2D eigenvalue weighted by Crippen LogP contribution is 2.23. The van der Waals surface area contributed by atoms with Gasteiger partial charge < -0.3 is 9.88 Å². The molecule has 4 nitrogen and oxygen atoms in total. The first kappa shape index (κ1) is 15.5. The van der Waals surface area contributed by atoms with Crippen LogP contribution in [0.5, 0.6) is 0 Å². The van der Waals surface area contributed by atoms with Crippen LogP contribution in [-0.4, -0.2) is 28.4 Å². The van der Waals surface area contributed by atoms with Gasteiger partial charge in [-0.25, -0.2) is 0 Å². The largest absolute Gasteiger partial charge is 0.335 e. The van der Waals surface area contributed by atoms with Crippen molar-refractivity contribution in [1.82, 2.24) is 9.88 Å². The SMILES string of the molecule is Cc1ccc(C(=O)N2CCC[C@H]2CCc2ccccc2)c(=O)[nH]1. The van der Waals surface area contributed by atoms with Crippen molar-refractivity contribution in [1.29, 1.82) is 0 Å². The Labute approximate surface area is 136 Å². The second kappa shape index (κ2) is 6.82. The number of hydrogen-bond acceptors (Lipinski definition) is 2. The van der Waals surface area contributed by atoms with Crippen molar-refractivity contribution in [2.75, 3.05) is 6.54 Å². The second-order valence-electron chi connectivity index (χ2n) is 6.20. The first-order valence-corrected chi connectivity index (χ1v) is 8.20. The fourth-order valence-corrected chi connectivity index (χ4v) is 3.28. The molecule has 0 spiro atoms. The van der Waals surface area contributed by atoms with Gasteiger partial charge >= 0.3 is 0 Å². The summed E-state index contributed by atoms with van der Waals surface area (Å²) >= 11 is 0. The van der Waals surface area contributed by atoms with Crippen LogP contribution in [0.25, 0.3) is 0 Å². The number of aryl methyl sites for hydroxylation is 2. The molecule has 0 radical (unpaired) electrons. The molecule has 23 heavy (non-hydrogen) atoms. The van der Waals surface area contributed by atoms with Gasteiger partial charge in [0.25, 0.3) is 11.5 Å². The molecule has 1 fully saturated rings. The summed E-state index contributed by atoms with van der Waals surface area (Å²) in [4.78, 5) is 29.3. The third kappa shape index (κ3) is 3.52. The molecule has 4 heteroatoms. The van der Waals surface area contributed by atoms with Gasteiger partial charge in [-0.2, -0.15) is 0 Å². The number of hydrogen-bond donors (Lipinski definition) is 1. The fourth-order valence-electron chi connectivity index (χ4n) is 3.28. The van der Waals surface area contributed by atoms with Crippen molar-refractivity contribution in [2.24, 2.45) is 0 Å². The molecule has 120 valence electrons. The van der Waals surface area contributed by atoms with Crippen LogP contribution in [0.2, 0.25) is 0 Å². The summed E-state index contributed by atoms with van der Waals surface area (Å²) in [6.45, 7) is 2.56. The molecule has 0 unspecified atom stereocenters. The molecule has 1 aliphatic rings. The average molecular weight is 310 g/mol. The van der Waals surface area contributed by atoms with Gasteiger partial charge in [0.1, 0.15) is 5.56 Å². The number of benzene rings is 1. The summed E-state index contributed by atoms with van der Waals surface area (Å²) in [5, 5.41) is 0. The van der Waals surface area contributed by atoms with E-state index in [1.165, 1.54) is 5.56 Å². The third-order valence-electron chi connectivity index (χ3n) is 4.53. The van der Waals surface area contributed by atoms with E-state index in [1.54, 1.807) is 12.1 Å². The fraction of sp³-hybridized carbons (Fsp3) is 0.368. The van der Waals surface area contributed by atoms with Crippen LogP contribution in [-0.2, 0) is 6.42 Å². The van der Waals surface area contributed by atoms with Crippen molar-refractivity contribution >= 4 is 5.91 Å². The average Bonchev–Trinajstić information content (AvgIpc) is 3.02. The summed E-state index contributed by atoms with van der Waals surface area (Å²) in [6, 6.07) is 14.0. The van der Waals surface area contributed by atoms with Crippen molar-refractivity contribution in [2.45, 2.75) is 38.6 Å². The van der Waals surface area contributed by atoms with Gasteiger partial charge in [0, 0.05) is 18.3 Å². The minimum Gasteiger partial charge on any atom is -0.335 e. The van der Waals surface area contributed by atoms with Gasteiger partial charge in [0.2, 0.25) is 0 Å². The van der Waals surface area contributed by atoms with E-state index in [-0.39, 0.29) is 23.1 Å².